The summed E-state index contributed by atoms with van der Waals surface area (Å²) in [5.74, 6) is -2.53. The largest absolute Gasteiger partial charge is 0.507 e. The van der Waals surface area contributed by atoms with Crippen molar-refractivity contribution in [2.75, 3.05) is 4.90 Å². The summed E-state index contributed by atoms with van der Waals surface area (Å²) in [6.07, 6.45) is 0.614. The molecule has 1 aromatic heterocycles. The minimum absolute atomic E-state index is 0.0185. The molecule has 3 aromatic rings. The van der Waals surface area contributed by atoms with Crippen molar-refractivity contribution in [3.63, 3.8) is 0 Å². The molecule has 3 heterocycles. The number of aliphatic hydroxyl groups excluding tert-OH is 1. The molecule has 0 saturated carbocycles. The molecule has 35 heavy (non-hydrogen) atoms. The maximum absolute atomic E-state index is 15.0. The average molecular weight is 493 g/mol. The summed E-state index contributed by atoms with van der Waals surface area (Å²) in [7, 11) is 0. The number of nitrogens with zero attached hydrogens (tertiary/aromatic N) is 2. The molecule has 2 aromatic carbocycles. The van der Waals surface area contributed by atoms with E-state index >= 15 is 4.39 Å². The van der Waals surface area contributed by atoms with Crippen LogP contribution >= 0.6 is 11.3 Å². The summed E-state index contributed by atoms with van der Waals surface area (Å²) in [6, 6.07) is 9.50. The van der Waals surface area contributed by atoms with E-state index in [1.54, 1.807) is 31.2 Å². The number of aliphatic hydroxyl groups is 1. The number of carbonyl (C=O) groups is 3. The number of ether oxygens (including phenoxy) is 1. The number of hydrogen-bond acceptors (Lipinski definition) is 7. The summed E-state index contributed by atoms with van der Waals surface area (Å²) in [5, 5.41) is 11.4. The van der Waals surface area contributed by atoms with Crippen molar-refractivity contribution in [3.05, 3.63) is 81.1 Å². The van der Waals surface area contributed by atoms with E-state index in [9.17, 15) is 19.5 Å². The van der Waals surface area contributed by atoms with Crippen LogP contribution in [0.1, 0.15) is 51.9 Å². The van der Waals surface area contributed by atoms with Gasteiger partial charge < -0.3 is 9.84 Å². The lowest BCUT2D eigenvalue weighted by Crippen LogP contribution is -2.29. The smallest absolute Gasteiger partial charge is 0.301 e. The lowest BCUT2D eigenvalue weighted by Gasteiger charge is -2.23. The molecule has 0 spiro atoms. The molecule has 0 bridgehead atoms. The predicted molar refractivity (Wildman–Crippen MR) is 128 cm³/mol. The summed E-state index contributed by atoms with van der Waals surface area (Å²) in [6.45, 7) is 4.93. The fraction of sp³-hybridized carbons (Fsp3) is 0.231. The normalized spacial score (nSPS) is 20.7. The van der Waals surface area contributed by atoms with Crippen LogP contribution < -0.4 is 9.64 Å². The maximum atomic E-state index is 15.0. The van der Waals surface area contributed by atoms with Gasteiger partial charge in [0.25, 0.3) is 5.78 Å². The third-order valence-electron chi connectivity index (χ3n) is 6.12. The van der Waals surface area contributed by atoms with Gasteiger partial charge in [0.05, 0.1) is 16.1 Å². The number of carbonyl (C=O) groups excluding carboxylic acids is 3. The van der Waals surface area contributed by atoms with Crippen molar-refractivity contribution in [1.29, 1.82) is 0 Å². The first-order valence-electron chi connectivity index (χ1n) is 11.0. The summed E-state index contributed by atoms with van der Waals surface area (Å²) >= 11 is 0.950. The molecule has 7 nitrogen and oxygen atoms in total. The van der Waals surface area contributed by atoms with Crippen LogP contribution in [0.25, 0.3) is 5.76 Å². The molecule has 0 unspecified atom stereocenters. The Labute approximate surface area is 204 Å². The lowest BCUT2D eigenvalue weighted by atomic mass is 9.94. The molecule has 1 saturated heterocycles. The number of rotatable bonds is 4. The summed E-state index contributed by atoms with van der Waals surface area (Å²) < 4.78 is 20.7. The van der Waals surface area contributed by atoms with E-state index in [1.807, 2.05) is 6.92 Å². The van der Waals surface area contributed by atoms with Crippen molar-refractivity contribution in [2.45, 2.75) is 39.3 Å². The van der Waals surface area contributed by atoms with Gasteiger partial charge in [-0.2, -0.15) is 0 Å². The Kier molecular flexibility index (Phi) is 5.52. The number of fused-ring (bicyclic) bond motifs is 1. The van der Waals surface area contributed by atoms with Crippen LogP contribution in [0.5, 0.6) is 5.75 Å². The molecule has 2 aliphatic rings. The number of anilines is 1. The Balaban J connectivity index is 1.71. The van der Waals surface area contributed by atoms with E-state index < -0.39 is 29.3 Å². The molecule has 0 aliphatic carbocycles. The second kappa shape index (κ2) is 8.42. The van der Waals surface area contributed by atoms with Crippen LogP contribution in [-0.4, -0.2) is 33.7 Å². The van der Waals surface area contributed by atoms with Crippen molar-refractivity contribution in [2.24, 2.45) is 0 Å². The first kappa shape index (κ1) is 22.9. The number of thiazole rings is 1. The third-order valence-corrected chi connectivity index (χ3v) is 7.38. The molecule has 1 amide bonds. The minimum Gasteiger partial charge on any atom is -0.507 e. The second-order valence-corrected chi connectivity index (χ2v) is 9.59. The highest BCUT2D eigenvalue weighted by Crippen LogP contribution is 2.45. The molecule has 178 valence electrons. The highest BCUT2D eigenvalue weighted by molar-refractivity contribution is 7.18. The van der Waals surface area contributed by atoms with E-state index in [0.29, 0.717) is 28.3 Å². The minimum atomic E-state index is -1.26. The highest BCUT2D eigenvalue weighted by atomic mass is 32.1. The van der Waals surface area contributed by atoms with Crippen molar-refractivity contribution < 1.29 is 28.6 Å². The van der Waals surface area contributed by atoms with E-state index in [-0.39, 0.29) is 28.2 Å². The number of aromatic nitrogens is 1. The topological polar surface area (TPSA) is 96.8 Å². The second-order valence-electron chi connectivity index (χ2n) is 8.61. The van der Waals surface area contributed by atoms with Gasteiger partial charge in [-0.05, 0) is 43.7 Å². The van der Waals surface area contributed by atoms with E-state index in [2.05, 4.69) is 4.98 Å². The Hall–Kier alpha value is -3.85. The van der Waals surface area contributed by atoms with Crippen molar-refractivity contribution >= 4 is 39.7 Å². The van der Waals surface area contributed by atoms with Crippen molar-refractivity contribution in [1.82, 2.24) is 4.98 Å². The Morgan fingerprint density at radius 3 is 2.66 bits per heavy atom. The van der Waals surface area contributed by atoms with Crippen LogP contribution in [0.4, 0.5) is 9.52 Å². The first-order valence-corrected chi connectivity index (χ1v) is 11.8. The molecule has 1 N–H and O–H groups in total. The van der Waals surface area contributed by atoms with Gasteiger partial charge in [-0.1, -0.05) is 29.5 Å². The van der Waals surface area contributed by atoms with Gasteiger partial charge in [0.1, 0.15) is 29.5 Å². The zero-order chi connectivity index (χ0) is 25.0. The Morgan fingerprint density at radius 2 is 1.97 bits per heavy atom. The molecular weight excluding hydrogens is 471 g/mol. The van der Waals surface area contributed by atoms with Gasteiger partial charge in [0, 0.05) is 24.5 Å². The number of Topliss-reactive ketones (excluding diaryl/α,β-unsaturated/α-hetero) is 2. The van der Waals surface area contributed by atoms with Gasteiger partial charge in [0.2, 0.25) is 0 Å². The zero-order valence-electron chi connectivity index (χ0n) is 19.2. The number of halogens is 1. The Morgan fingerprint density at radius 1 is 1.23 bits per heavy atom. The molecule has 9 heteroatoms. The molecule has 2 atom stereocenters. The fourth-order valence-corrected chi connectivity index (χ4v) is 5.55. The molecule has 0 radical (unpaired) electrons. The fourth-order valence-electron chi connectivity index (χ4n) is 4.56. The average Bonchev–Trinajstić information content (AvgIpc) is 3.46. The van der Waals surface area contributed by atoms with Crippen LogP contribution in [0.3, 0.4) is 0 Å². The van der Waals surface area contributed by atoms with Crippen molar-refractivity contribution in [3.8, 4) is 5.75 Å². The van der Waals surface area contributed by atoms with Crippen LogP contribution in [0.2, 0.25) is 0 Å². The van der Waals surface area contributed by atoms with E-state index in [1.165, 1.54) is 25.1 Å². The lowest BCUT2D eigenvalue weighted by molar-refractivity contribution is -0.132. The van der Waals surface area contributed by atoms with Gasteiger partial charge in [-0.25, -0.2) is 9.37 Å². The van der Waals surface area contributed by atoms with Crippen LogP contribution in [0, 0.1) is 12.7 Å². The SMILES string of the molecule is CC(=O)c1sc(N2C(=O)C(=O)C(=C(O)c3ccc4c(c3)C[C@H](C)O4)[C@@H]2c2ccccc2F)nc1C. The monoisotopic (exact) mass is 492 g/mol. The maximum Gasteiger partial charge on any atom is 0.301 e. The Bertz CT molecular complexity index is 1440. The molecule has 1 fully saturated rings. The number of aryl methyl sites for hydroxylation is 1. The number of benzene rings is 2. The van der Waals surface area contributed by atoms with Crippen LogP contribution in [0.15, 0.2) is 48.0 Å². The van der Waals surface area contributed by atoms with Gasteiger partial charge >= 0.3 is 5.91 Å². The zero-order valence-corrected chi connectivity index (χ0v) is 20.0. The third kappa shape index (κ3) is 3.72. The van der Waals surface area contributed by atoms with E-state index in [4.69, 9.17) is 4.74 Å². The summed E-state index contributed by atoms with van der Waals surface area (Å²) in [4.78, 5) is 44.2. The first-order chi connectivity index (χ1) is 16.7. The number of amides is 1. The molecule has 5 rings (SSSR count). The predicted octanol–water partition coefficient (Wildman–Crippen LogP) is 4.74. The van der Waals surface area contributed by atoms with E-state index in [0.717, 1.165) is 21.8 Å². The molecule has 2 aliphatic heterocycles. The number of ketones is 2. The quantitative estimate of drug-likeness (QED) is 0.245. The van der Waals surface area contributed by atoms with Gasteiger partial charge in [-0.15, -0.1) is 0 Å². The highest BCUT2D eigenvalue weighted by Gasteiger charge is 2.49. The molecular formula is C26H21FN2O5S. The standard InChI is InChI=1S/C26H21FN2O5S/c1-12-10-16-11-15(8-9-19(16)34-12)22(31)20-21(17-6-4-5-7-18(17)27)29(25(33)23(20)32)26-28-13(2)24(35-26)14(3)30/h4-9,11-12,21,31H,10H2,1-3H3/t12-,21-/m0/s1. The van der Waals surface area contributed by atoms with Gasteiger partial charge in [-0.3, -0.25) is 19.3 Å². The van der Waals surface area contributed by atoms with Gasteiger partial charge in [0.15, 0.2) is 10.9 Å². The summed E-state index contributed by atoms with van der Waals surface area (Å²) in [5.41, 5.74) is 1.37. The van der Waals surface area contributed by atoms with Crippen LogP contribution in [-0.2, 0) is 16.0 Å². The number of hydrogen-bond donors (Lipinski definition) is 1.